The van der Waals surface area contributed by atoms with Crippen molar-refractivity contribution in [3.05, 3.63) is 71.8 Å². The number of hydrogen-bond donors (Lipinski definition) is 4. The van der Waals surface area contributed by atoms with Crippen molar-refractivity contribution >= 4 is 23.9 Å². The third-order valence-electron chi connectivity index (χ3n) is 3.20. The molecule has 0 radical (unpaired) electrons. The minimum atomic E-state index is -1.26. The molecule has 2 aromatic rings. The van der Waals surface area contributed by atoms with Crippen LogP contribution in [0.5, 0.6) is 11.5 Å². The van der Waals surface area contributed by atoms with Gasteiger partial charge in [-0.2, -0.15) is 0 Å². The predicted molar refractivity (Wildman–Crippen MR) is 113 cm³/mol. The molecule has 0 aliphatic rings. The second kappa shape index (κ2) is 20.5. The van der Waals surface area contributed by atoms with Crippen LogP contribution in [0.3, 0.4) is 0 Å². The summed E-state index contributed by atoms with van der Waals surface area (Å²) in [6.07, 6.45) is 1.93. The number of rotatable bonds is 6. The Morgan fingerprint density at radius 3 is 1.41 bits per heavy atom. The molecule has 2 aromatic carbocycles. The minimum absolute atomic E-state index is 0. The van der Waals surface area contributed by atoms with E-state index in [1.54, 1.807) is 0 Å². The number of phenolic OH excluding ortho intramolecular Hbond substituents is 2. The van der Waals surface area contributed by atoms with Gasteiger partial charge in [-0.15, -0.1) is 0 Å². The standard InChI is InChI=1S/C10H12O3.C8H8O3.C4H4O4.ClH.Na/c1-2-7-13-10(12)8-3-5-9(11)6-4-8;1-11-8(10)6-2-4-7(9)5-3-6;5-3(6)1-2-4(7)8;;/h3-6,11H,2,7H2,1H3;2-5,9H,1H3;1-2H,(H,5,6)(H,7,8);1H;/q;;;;+1/p-1/b;;2-1+;;. The van der Waals surface area contributed by atoms with E-state index in [0.717, 1.165) is 6.42 Å². The molecule has 0 fully saturated rings. The van der Waals surface area contributed by atoms with E-state index in [2.05, 4.69) is 4.74 Å². The first-order valence-electron chi connectivity index (χ1n) is 9.08. The summed E-state index contributed by atoms with van der Waals surface area (Å²) in [5.41, 5.74) is 0.900. The number of phenols is 2. The topological polar surface area (TPSA) is 168 Å². The van der Waals surface area contributed by atoms with Crippen LogP contribution in [0.25, 0.3) is 0 Å². The Hall–Kier alpha value is -3.05. The van der Waals surface area contributed by atoms with Gasteiger partial charge in [0.15, 0.2) is 0 Å². The monoisotopic (exact) mass is 506 g/mol. The van der Waals surface area contributed by atoms with Crippen molar-refractivity contribution < 1.29 is 91.0 Å². The summed E-state index contributed by atoms with van der Waals surface area (Å²) in [6, 6.07) is 11.9. The second-order valence-corrected chi connectivity index (χ2v) is 5.73. The number of carboxylic acids is 2. The molecule has 4 N–H and O–H groups in total. The van der Waals surface area contributed by atoms with Crippen LogP contribution in [0.2, 0.25) is 0 Å². The summed E-state index contributed by atoms with van der Waals surface area (Å²) in [5, 5.41) is 33.4. The first kappa shape index (κ1) is 35.5. The van der Waals surface area contributed by atoms with Crippen molar-refractivity contribution in [1.82, 2.24) is 0 Å². The fraction of sp³-hybridized carbons (Fsp3) is 0.182. The van der Waals surface area contributed by atoms with Gasteiger partial charge >= 0.3 is 53.4 Å². The first-order chi connectivity index (χ1) is 15.1. The minimum Gasteiger partial charge on any atom is -1.00 e. The van der Waals surface area contributed by atoms with E-state index in [-0.39, 0.29) is 59.4 Å². The molecule has 0 saturated heterocycles. The smallest absolute Gasteiger partial charge is 1.00 e. The van der Waals surface area contributed by atoms with Crippen molar-refractivity contribution in [2.45, 2.75) is 13.3 Å². The van der Waals surface area contributed by atoms with Gasteiger partial charge in [0.05, 0.1) is 24.8 Å². The Morgan fingerprint density at radius 1 is 0.765 bits per heavy atom. The van der Waals surface area contributed by atoms with E-state index < -0.39 is 17.9 Å². The number of carbonyl (C=O) groups excluding carboxylic acids is 2. The van der Waals surface area contributed by atoms with Gasteiger partial charge in [0, 0.05) is 12.2 Å². The molecule has 0 aromatic heterocycles. The Balaban J connectivity index is -0.000000424. The molecule has 0 aliphatic carbocycles. The average molecular weight is 507 g/mol. The van der Waals surface area contributed by atoms with Crippen molar-refractivity contribution in [1.29, 1.82) is 0 Å². The van der Waals surface area contributed by atoms with Crippen LogP contribution in [0, 0.1) is 0 Å². The summed E-state index contributed by atoms with van der Waals surface area (Å²) in [5.74, 6) is -2.98. The Kier molecular flexibility index (Phi) is 21.5. The number of hydrogen-bond acceptors (Lipinski definition) is 8. The molecule has 34 heavy (non-hydrogen) atoms. The molecule has 2 rings (SSSR count). The third kappa shape index (κ3) is 17.5. The molecule has 12 heteroatoms. The quantitative estimate of drug-likeness (QED) is 0.178. The van der Waals surface area contributed by atoms with Crippen molar-refractivity contribution in [2.24, 2.45) is 0 Å². The fourth-order valence-electron chi connectivity index (χ4n) is 1.73. The predicted octanol–water partition coefficient (Wildman–Crippen LogP) is -3.14. The van der Waals surface area contributed by atoms with Crippen LogP contribution in [-0.4, -0.2) is 58.0 Å². The third-order valence-corrected chi connectivity index (χ3v) is 3.20. The van der Waals surface area contributed by atoms with Crippen LogP contribution in [0.4, 0.5) is 0 Å². The molecule has 0 unspecified atom stereocenters. The number of carboxylic acid groups (broad SMARTS) is 2. The average Bonchev–Trinajstić information content (AvgIpc) is 2.77. The zero-order chi connectivity index (χ0) is 24.5. The Labute approximate surface area is 224 Å². The fourth-order valence-corrected chi connectivity index (χ4v) is 1.73. The number of carbonyl (C=O) groups is 4. The van der Waals surface area contributed by atoms with Gasteiger partial charge in [-0.05, 0) is 55.0 Å². The number of esters is 2. The summed E-state index contributed by atoms with van der Waals surface area (Å²) in [4.78, 5) is 41.1. The molecule has 0 heterocycles. The number of benzene rings is 2. The zero-order valence-corrected chi connectivity index (χ0v) is 21.6. The van der Waals surface area contributed by atoms with Gasteiger partial charge in [0.25, 0.3) is 0 Å². The number of aliphatic carboxylic acids is 2. The van der Waals surface area contributed by atoms with Gasteiger partial charge < -0.3 is 42.3 Å². The summed E-state index contributed by atoms with van der Waals surface area (Å²) in [6.45, 7) is 2.36. The van der Waals surface area contributed by atoms with Gasteiger partial charge in [0.1, 0.15) is 11.5 Å². The van der Waals surface area contributed by atoms with Gasteiger partial charge in [-0.1, -0.05) is 6.92 Å². The summed E-state index contributed by atoms with van der Waals surface area (Å²) in [7, 11) is 1.31. The maximum absolute atomic E-state index is 11.2. The molecule has 180 valence electrons. The van der Waals surface area contributed by atoms with Crippen LogP contribution in [0.1, 0.15) is 34.1 Å². The normalized spacial score (nSPS) is 8.88. The first-order valence-corrected chi connectivity index (χ1v) is 9.08. The molecule has 0 aliphatic heterocycles. The largest absolute Gasteiger partial charge is 1.00 e. The Morgan fingerprint density at radius 2 is 1.12 bits per heavy atom. The van der Waals surface area contributed by atoms with Gasteiger partial charge in [0.2, 0.25) is 0 Å². The Bertz CT molecular complexity index is 896. The number of methoxy groups -OCH3 is 1. The van der Waals surface area contributed by atoms with E-state index in [1.807, 2.05) is 6.92 Å². The van der Waals surface area contributed by atoms with Crippen LogP contribution in [-0.2, 0) is 19.1 Å². The van der Waals surface area contributed by atoms with Crippen LogP contribution in [0.15, 0.2) is 60.7 Å². The number of aromatic hydroxyl groups is 2. The van der Waals surface area contributed by atoms with E-state index in [0.29, 0.717) is 29.9 Å². The second-order valence-electron chi connectivity index (χ2n) is 5.73. The zero-order valence-electron chi connectivity index (χ0n) is 18.8. The number of halogens is 1. The molecule has 0 spiro atoms. The molecular weight excluding hydrogens is 483 g/mol. The van der Waals surface area contributed by atoms with Gasteiger partial charge in [-0.25, -0.2) is 19.2 Å². The van der Waals surface area contributed by atoms with Crippen molar-refractivity contribution in [3.8, 4) is 11.5 Å². The molecule has 10 nitrogen and oxygen atoms in total. The van der Waals surface area contributed by atoms with E-state index in [4.69, 9.17) is 25.2 Å². The number of ether oxygens (including phenoxy) is 2. The molecule has 0 bridgehead atoms. The molecule has 0 amide bonds. The molecule has 0 atom stereocenters. The summed E-state index contributed by atoms with van der Waals surface area (Å²) >= 11 is 0. The van der Waals surface area contributed by atoms with Crippen LogP contribution < -0.4 is 42.0 Å². The molecular formula is C22H24ClNaO10. The molecule has 0 saturated carbocycles. The van der Waals surface area contributed by atoms with Crippen molar-refractivity contribution in [2.75, 3.05) is 13.7 Å². The maximum Gasteiger partial charge on any atom is 1.00 e. The van der Waals surface area contributed by atoms with Gasteiger partial charge in [-0.3, -0.25) is 0 Å². The van der Waals surface area contributed by atoms with Crippen LogP contribution >= 0.6 is 0 Å². The van der Waals surface area contributed by atoms with E-state index in [1.165, 1.54) is 55.6 Å². The van der Waals surface area contributed by atoms with E-state index >= 15 is 0 Å². The maximum atomic E-state index is 11.2. The summed E-state index contributed by atoms with van der Waals surface area (Å²) < 4.78 is 9.35. The van der Waals surface area contributed by atoms with E-state index in [9.17, 15) is 19.2 Å². The van der Waals surface area contributed by atoms with Crippen molar-refractivity contribution in [3.63, 3.8) is 0 Å². The SMILES string of the molecule is CCCOC(=O)c1ccc(O)cc1.COC(=O)c1ccc(O)cc1.O=C(O)/C=C/C(=O)O.[Cl-].[Na+].